The molecule has 2 fully saturated rings. The lowest BCUT2D eigenvalue weighted by Crippen LogP contribution is -2.46. The van der Waals surface area contributed by atoms with E-state index in [1.165, 1.54) is 19.1 Å². The van der Waals surface area contributed by atoms with Crippen molar-refractivity contribution in [2.24, 2.45) is 0 Å². The molecule has 2 aliphatic rings. The molecule has 19 heavy (non-hydrogen) atoms. The number of nitrogens with one attached hydrogen (secondary N) is 1. The molecule has 1 saturated heterocycles. The maximum atomic E-state index is 12.2. The number of amides is 1. The quantitative estimate of drug-likeness (QED) is 0.775. The van der Waals surface area contributed by atoms with E-state index in [4.69, 9.17) is 0 Å². The first kappa shape index (κ1) is 14.8. The molecule has 0 aromatic rings. The first-order valence-electron chi connectivity index (χ1n) is 7.16. The minimum absolute atomic E-state index is 0.000276. The Kier molecular flexibility index (Phi) is 4.84. The fourth-order valence-corrected chi connectivity index (χ4v) is 3.12. The van der Waals surface area contributed by atoms with Gasteiger partial charge in [0.05, 0.1) is 5.75 Å². The Morgan fingerprint density at radius 1 is 1.26 bits per heavy atom. The van der Waals surface area contributed by atoms with Gasteiger partial charge in [-0.05, 0) is 32.2 Å². The van der Waals surface area contributed by atoms with Gasteiger partial charge in [0, 0.05) is 31.3 Å². The molecule has 1 aliphatic heterocycles. The summed E-state index contributed by atoms with van der Waals surface area (Å²) in [4.78, 5) is 14.1. The summed E-state index contributed by atoms with van der Waals surface area (Å²) in [6.45, 7) is 1.77. The lowest BCUT2D eigenvalue weighted by atomic mass is 10.0. The van der Waals surface area contributed by atoms with Crippen LogP contribution < -0.4 is 5.32 Å². The Bertz CT molecular complexity index is 412. The fourth-order valence-electron chi connectivity index (χ4n) is 2.57. The van der Waals surface area contributed by atoms with Crippen molar-refractivity contribution in [2.75, 3.05) is 25.1 Å². The van der Waals surface area contributed by atoms with Gasteiger partial charge in [-0.15, -0.1) is 0 Å². The molecule has 1 N–H and O–H groups in total. The topological polar surface area (TPSA) is 66.5 Å². The molecule has 0 spiro atoms. The normalized spacial score (nSPS) is 24.2. The number of hydrogen-bond donors (Lipinski definition) is 1. The predicted octanol–water partition coefficient (Wildman–Crippen LogP) is 0.554. The maximum Gasteiger partial charge on any atom is 0.223 e. The lowest BCUT2D eigenvalue weighted by Gasteiger charge is -2.30. The molecule has 1 amide bonds. The Morgan fingerprint density at radius 2 is 2.00 bits per heavy atom. The van der Waals surface area contributed by atoms with E-state index in [2.05, 4.69) is 5.32 Å². The zero-order valence-electron chi connectivity index (χ0n) is 11.6. The van der Waals surface area contributed by atoms with E-state index in [1.807, 2.05) is 4.90 Å². The molecular formula is C13H24N2O3S. The van der Waals surface area contributed by atoms with Gasteiger partial charge in [-0.25, -0.2) is 8.42 Å². The van der Waals surface area contributed by atoms with Crippen molar-refractivity contribution < 1.29 is 13.2 Å². The van der Waals surface area contributed by atoms with Crippen LogP contribution in [0, 0.1) is 0 Å². The average Bonchev–Trinajstić information content (AvgIpc) is 3.18. The van der Waals surface area contributed by atoms with Crippen LogP contribution in [0.2, 0.25) is 0 Å². The molecule has 1 aliphatic carbocycles. The molecule has 0 aromatic heterocycles. The zero-order chi connectivity index (χ0) is 13.9. The van der Waals surface area contributed by atoms with Gasteiger partial charge in [0.25, 0.3) is 0 Å². The molecule has 6 heteroatoms. The summed E-state index contributed by atoms with van der Waals surface area (Å²) in [5.41, 5.74) is 0. The second-order valence-corrected chi connectivity index (χ2v) is 8.06. The van der Waals surface area contributed by atoms with Gasteiger partial charge < -0.3 is 10.2 Å². The molecule has 1 atom stereocenters. The first-order valence-corrected chi connectivity index (χ1v) is 9.22. The Labute approximate surface area is 115 Å². The van der Waals surface area contributed by atoms with Crippen molar-refractivity contribution in [2.45, 2.75) is 50.6 Å². The highest BCUT2D eigenvalue weighted by molar-refractivity contribution is 7.90. The minimum Gasteiger partial charge on any atom is -0.338 e. The molecule has 2 rings (SSSR count). The summed E-state index contributed by atoms with van der Waals surface area (Å²) in [5.74, 6) is -0.0343. The van der Waals surface area contributed by atoms with Gasteiger partial charge in [-0.1, -0.05) is 6.42 Å². The van der Waals surface area contributed by atoms with E-state index in [9.17, 15) is 13.2 Å². The molecule has 1 saturated carbocycles. The van der Waals surface area contributed by atoms with Crippen molar-refractivity contribution in [1.29, 1.82) is 0 Å². The Morgan fingerprint density at radius 3 is 2.53 bits per heavy atom. The van der Waals surface area contributed by atoms with E-state index < -0.39 is 9.84 Å². The average molecular weight is 288 g/mol. The summed E-state index contributed by atoms with van der Waals surface area (Å²) >= 11 is 0. The number of carbonyl (C=O) groups is 1. The molecule has 0 aromatic carbocycles. The molecule has 0 radical (unpaired) electrons. The summed E-state index contributed by atoms with van der Waals surface area (Å²) in [5, 5.41) is 3.45. The third-order valence-electron chi connectivity index (χ3n) is 3.82. The number of piperidine rings is 1. The van der Waals surface area contributed by atoms with Crippen molar-refractivity contribution in [3.05, 3.63) is 0 Å². The van der Waals surface area contributed by atoms with Gasteiger partial charge in [0.2, 0.25) is 5.91 Å². The molecule has 1 unspecified atom stereocenters. The number of nitrogens with zero attached hydrogens (tertiary/aromatic N) is 1. The van der Waals surface area contributed by atoms with Crippen LogP contribution in [0.25, 0.3) is 0 Å². The van der Waals surface area contributed by atoms with Gasteiger partial charge >= 0.3 is 0 Å². The van der Waals surface area contributed by atoms with Crippen LogP contribution in [0.3, 0.4) is 0 Å². The van der Waals surface area contributed by atoms with Crippen LogP contribution in [0.15, 0.2) is 0 Å². The largest absolute Gasteiger partial charge is 0.338 e. The number of hydrogen-bond acceptors (Lipinski definition) is 4. The number of carbonyl (C=O) groups excluding carboxylic acids is 1. The number of rotatable bonds is 6. The highest BCUT2D eigenvalue weighted by Crippen LogP contribution is 2.28. The summed E-state index contributed by atoms with van der Waals surface area (Å²) in [6, 6.07) is 0.743. The van der Waals surface area contributed by atoms with Crippen molar-refractivity contribution in [3.8, 4) is 0 Å². The summed E-state index contributed by atoms with van der Waals surface area (Å²) < 4.78 is 22.3. The standard InChI is InChI=1S/C13H24N2O3S/c1-19(17,18)9-7-13(16)15(12-5-6-12)10-11-4-2-3-8-14-11/h11-12,14H,2-10H2,1H3. The van der Waals surface area contributed by atoms with Crippen LogP contribution in [-0.4, -0.2) is 56.4 Å². The highest BCUT2D eigenvalue weighted by Gasteiger charge is 2.34. The van der Waals surface area contributed by atoms with E-state index >= 15 is 0 Å². The van der Waals surface area contributed by atoms with Gasteiger partial charge in [0.1, 0.15) is 9.84 Å². The fraction of sp³-hybridized carbons (Fsp3) is 0.923. The molecule has 0 bridgehead atoms. The minimum atomic E-state index is -3.05. The molecular weight excluding hydrogens is 264 g/mol. The monoisotopic (exact) mass is 288 g/mol. The second-order valence-electron chi connectivity index (χ2n) is 5.80. The Balaban J connectivity index is 1.86. The summed E-state index contributed by atoms with van der Waals surface area (Å²) in [6.07, 6.45) is 6.99. The molecule has 1 heterocycles. The lowest BCUT2D eigenvalue weighted by molar-refractivity contribution is -0.131. The van der Waals surface area contributed by atoms with E-state index in [0.29, 0.717) is 12.1 Å². The highest BCUT2D eigenvalue weighted by atomic mass is 32.2. The van der Waals surface area contributed by atoms with Crippen molar-refractivity contribution in [1.82, 2.24) is 10.2 Å². The summed E-state index contributed by atoms with van der Waals surface area (Å²) in [7, 11) is -3.05. The SMILES string of the molecule is CS(=O)(=O)CCC(=O)N(CC1CCCCN1)C1CC1. The third-order valence-corrected chi connectivity index (χ3v) is 4.77. The smallest absolute Gasteiger partial charge is 0.223 e. The predicted molar refractivity (Wildman–Crippen MR) is 74.7 cm³/mol. The van der Waals surface area contributed by atoms with Crippen molar-refractivity contribution in [3.63, 3.8) is 0 Å². The van der Waals surface area contributed by atoms with E-state index in [-0.39, 0.29) is 18.1 Å². The van der Waals surface area contributed by atoms with E-state index in [1.54, 1.807) is 0 Å². The van der Waals surface area contributed by atoms with Gasteiger partial charge in [-0.2, -0.15) is 0 Å². The second kappa shape index (κ2) is 6.22. The van der Waals surface area contributed by atoms with Gasteiger partial charge in [-0.3, -0.25) is 4.79 Å². The molecule has 110 valence electrons. The molecule has 5 nitrogen and oxygen atoms in total. The first-order chi connectivity index (χ1) is 8.96. The van der Waals surface area contributed by atoms with Gasteiger partial charge in [0.15, 0.2) is 0 Å². The zero-order valence-corrected chi connectivity index (χ0v) is 12.4. The van der Waals surface area contributed by atoms with Crippen LogP contribution in [-0.2, 0) is 14.6 Å². The van der Waals surface area contributed by atoms with Crippen LogP contribution in [0.4, 0.5) is 0 Å². The maximum absolute atomic E-state index is 12.2. The number of sulfone groups is 1. The van der Waals surface area contributed by atoms with E-state index in [0.717, 1.165) is 32.4 Å². The van der Waals surface area contributed by atoms with Crippen molar-refractivity contribution >= 4 is 15.7 Å². The van der Waals surface area contributed by atoms with Crippen LogP contribution >= 0.6 is 0 Å². The van der Waals surface area contributed by atoms with Crippen LogP contribution in [0.1, 0.15) is 38.5 Å². The van der Waals surface area contributed by atoms with Crippen LogP contribution in [0.5, 0.6) is 0 Å². The third kappa shape index (κ3) is 5.10. The Hall–Kier alpha value is -0.620.